The van der Waals surface area contributed by atoms with Crippen molar-refractivity contribution in [2.75, 3.05) is 72.0 Å². The zero-order valence-electron chi connectivity index (χ0n) is 17.5. The summed E-state index contributed by atoms with van der Waals surface area (Å²) in [4.78, 5) is 9.82. The van der Waals surface area contributed by atoms with Gasteiger partial charge in [0, 0.05) is 68.8 Å². The van der Waals surface area contributed by atoms with Gasteiger partial charge in [-0.2, -0.15) is 11.8 Å². The number of aliphatic imine (C=N–C) groups is 1. The van der Waals surface area contributed by atoms with Crippen LogP contribution in [-0.4, -0.2) is 98.5 Å². The van der Waals surface area contributed by atoms with E-state index in [9.17, 15) is 0 Å². The summed E-state index contributed by atoms with van der Waals surface area (Å²) >= 11 is 2.22. The van der Waals surface area contributed by atoms with Gasteiger partial charge in [-0.3, -0.25) is 9.89 Å². The molecule has 4 rings (SSSR count). The number of rotatable bonds is 4. The fourth-order valence-corrected chi connectivity index (χ4v) is 6.98. The van der Waals surface area contributed by atoms with Crippen LogP contribution in [0.15, 0.2) is 4.99 Å². The molecule has 0 aromatic carbocycles. The third kappa shape index (κ3) is 4.97. The number of hydrogen-bond donors (Lipinski definition) is 1. The summed E-state index contributed by atoms with van der Waals surface area (Å²) < 4.78 is 11.8. The van der Waals surface area contributed by atoms with E-state index >= 15 is 0 Å². The Morgan fingerprint density at radius 1 is 1.14 bits per heavy atom. The molecule has 6 nitrogen and oxygen atoms in total. The lowest BCUT2D eigenvalue weighted by Crippen LogP contribution is -2.57. The maximum absolute atomic E-state index is 5.72. The molecule has 1 spiro atoms. The summed E-state index contributed by atoms with van der Waals surface area (Å²) in [5.74, 6) is 2.94. The molecule has 4 fully saturated rings. The standard InChI is InChI=1S/C21H38N4O2S/c1-22-20(25-10-14-28-21(17-25)6-3-2-4-7-21)23-15-19(18-5-11-27-16-18)24-8-12-26-13-9-24/h18-19H,2-17H2,1H3,(H,22,23). The van der Waals surface area contributed by atoms with Gasteiger partial charge in [-0.1, -0.05) is 19.3 Å². The normalized spacial score (nSPS) is 30.5. The second-order valence-corrected chi connectivity index (χ2v) is 10.3. The molecule has 2 unspecified atom stereocenters. The minimum atomic E-state index is 0.469. The van der Waals surface area contributed by atoms with Crippen LogP contribution in [-0.2, 0) is 9.47 Å². The van der Waals surface area contributed by atoms with Crippen LogP contribution in [0.2, 0.25) is 0 Å². The Morgan fingerprint density at radius 3 is 2.68 bits per heavy atom. The van der Waals surface area contributed by atoms with E-state index in [0.29, 0.717) is 16.7 Å². The molecular weight excluding hydrogens is 372 g/mol. The third-order valence-corrected chi connectivity index (χ3v) is 8.55. The Kier molecular flexibility index (Phi) is 7.42. The first-order chi connectivity index (χ1) is 13.8. The molecule has 1 saturated carbocycles. The van der Waals surface area contributed by atoms with Crippen molar-refractivity contribution in [3.05, 3.63) is 0 Å². The summed E-state index contributed by atoms with van der Waals surface area (Å²) in [6.07, 6.45) is 8.13. The topological polar surface area (TPSA) is 49.3 Å². The largest absolute Gasteiger partial charge is 0.381 e. The van der Waals surface area contributed by atoms with Crippen molar-refractivity contribution in [2.24, 2.45) is 10.9 Å². The predicted octanol–water partition coefficient (Wildman–Crippen LogP) is 2.05. The van der Waals surface area contributed by atoms with E-state index in [1.807, 2.05) is 7.05 Å². The first-order valence-corrected chi connectivity index (χ1v) is 12.3. The highest BCUT2D eigenvalue weighted by molar-refractivity contribution is 8.00. The van der Waals surface area contributed by atoms with Gasteiger partial charge in [0.25, 0.3) is 0 Å². The lowest BCUT2D eigenvalue weighted by atomic mass is 9.87. The van der Waals surface area contributed by atoms with Gasteiger partial charge in [-0.05, 0) is 19.3 Å². The number of hydrogen-bond acceptors (Lipinski definition) is 5. The zero-order chi connectivity index (χ0) is 19.2. The first-order valence-electron chi connectivity index (χ1n) is 11.3. The van der Waals surface area contributed by atoms with Gasteiger partial charge in [-0.15, -0.1) is 0 Å². The van der Waals surface area contributed by atoms with Crippen molar-refractivity contribution >= 4 is 17.7 Å². The van der Waals surface area contributed by atoms with E-state index in [4.69, 9.17) is 9.47 Å². The predicted molar refractivity (Wildman–Crippen MR) is 116 cm³/mol. The van der Waals surface area contributed by atoms with E-state index in [0.717, 1.165) is 65.1 Å². The summed E-state index contributed by atoms with van der Waals surface area (Å²) in [6, 6.07) is 0.506. The monoisotopic (exact) mass is 410 g/mol. The zero-order valence-corrected chi connectivity index (χ0v) is 18.4. The van der Waals surface area contributed by atoms with Crippen LogP contribution in [0.5, 0.6) is 0 Å². The summed E-state index contributed by atoms with van der Waals surface area (Å²) in [7, 11) is 1.94. The van der Waals surface area contributed by atoms with Gasteiger partial charge in [0.15, 0.2) is 5.96 Å². The Bertz CT molecular complexity index is 509. The molecule has 3 saturated heterocycles. The maximum Gasteiger partial charge on any atom is 0.193 e. The van der Waals surface area contributed by atoms with Crippen LogP contribution < -0.4 is 5.32 Å². The Hall–Kier alpha value is -0.500. The highest BCUT2D eigenvalue weighted by Crippen LogP contribution is 2.42. The van der Waals surface area contributed by atoms with E-state index in [1.165, 1.54) is 44.3 Å². The Morgan fingerprint density at radius 2 is 1.96 bits per heavy atom. The lowest BCUT2D eigenvalue weighted by molar-refractivity contribution is 0.00233. The van der Waals surface area contributed by atoms with Crippen LogP contribution in [0.3, 0.4) is 0 Å². The number of guanidine groups is 1. The Balaban J connectivity index is 1.37. The number of thioether (sulfide) groups is 1. The van der Waals surface area contributed by atoms with Crippen molar-refractivity contribution in [3.63, 3.8) is 0 Å². The van der Waals surface area contributed by atoms with E-state index < -0.39 is 0 Å². The molecule has 0 aromatic rings. The van der Waals surface area contributed by atoms with E-state index in [-0.39, 0.29) is 0 Å². The lowest BCUT2D eigenvalue weighted by Gasteiger charge is -2.46. The van der Waals surface area contributed by atoms with Crippen molar-refractivity contribution in [3.8, 4) is 0 Å². The Labute approximate surface area is 174 Å². The van der Waals surface area contributed by atoms with Gasteiger partial charge < -0.3 is 19.7 Å². The molecule has 7 heteroatoms. The first kappa shape index (κ1) is 20.8. The van der Waals surface area contributed by atoms with Crippen LogP contribution in [0, 0.1) is 5.92 Å². The van der Waals surface area contributed by atoms with Crippen LogP contribution >= 0.6 is 11.8 Å². The molecule has 0 amide bonds. The molecule has 1 N–H and O–H groups in total. The second-order valence-electron chi connectivity index (χ2n) is 8.78. The summed E-state index contributed by atoms with van der Waals surface area (Å²) in [5, 5.41) is 3.76. The summed E-state index contributed by atoms with van der Waals surface area (Å²) in [5.41, 5.74) is 0. The average molecular weight is 411 g/mol. The molecule has 3 aliphatic heterocycles. The quantitative estimate of drug-likeness (QED) is 0.566. The fourth-order valence-electron chi connectivity index (χ4n) is 5.41. The average Bonchev–Trinajstić information content (AvgIpc) is 3.27. The molecule has 1 aliphatic carbocycles. The highest BCUT2D eigenvalue weighted by atomic mass is 32.2. The number of morpholine rings is 1. The van der Waals surface area contributed by atoms with Crippen molar-refractivity contribution < 1.29 is 9.47 Å². The van der Waals surface area contributed by atoms with Gasteiger partial charge in [0.1, 0.15) is 0 Å². The molecule has 160 valence electrons. The van der Waals surface area contributed by atoms with Crippen LogP contribution in [0.25, 0.3) is 0 Å². The van der Waals surface area contributed by atoms with E-state index in [1.54, 1.807) is 0 Å². The van der Waals surface area contributed by atoms with Crippen molar-refractivity contribution in [1.29, 1.82) is 0 Å². The number of nitrogens with zero attached hydrogens (tertiary/aromatic N) is 3. The van der Waals surface area contributed by atoms with Crippen molar-refractivity contribution in [2.45, 2.75) is 49.3 Å². The highest BCUT2D eigenvalue weighted by Gasteiger charge is 2.38. The van der Waals surface area contributed by atoms with Crippen LogP contribution in [0.4, 0.5) is 0 Å². The molecule has 0 radical (unpaired) electrons. The smallest absolute Gasteiger partial charge is 0.193 e. The fraction of sp³-hybridized carbons (Fsp3) is 0.952. The van der Waals surface area contributed by atoms with Gasteiger partial charge in [0.2, 0.25) is 0 Å². The molecule has 2 atom stereocenters. The third-order valence-electron chi connectivity index (χ3n) is 7.02. The van der Waals surface area contributed by atoms with Gasteiger partial charge >= 0.3 is 0 Å². The van der Waals surface area contributed by atoms with Crippen molar-refractivity contribution in [1.82, 2.24) is 15.1 Å². The number of ether oxygens (including phenoxy) is 2. The molecule has 4 aliphatic rings. The summed E-state index contributed by atoms with van der Waals surface area (Å²) in [6.45, 7) is 8.80. The minimum absolute atomic E-state index is 0.469. The minimum Gasteiger partial charge on any atom is -0.381 e. The van der Waals surface area contributed by atoms with Crippen LogP contribution in [0.1, 0.15) is 38.5 Å². The molecule has 0 aromatic heterocycles. The molecule has 28 heavy (non-hydrogen) atoms. The SMILES string of the molecule is CN=C(NCC(C1CCOC1)N1CCOCC1)N1CCSC2(CCCCC2)C1. The van der Waals surface area contributed by atoms with E-state index in [2.05, 4.69) is 31.9 Å². The molecule has 3 heterocycles. The number of nitrogens with one attached hydrogen (secondary N) is 1. The van der Waals surface area contributed by atoms with Gasteiger partial charge in [0.05, 0.1) is 19.8 Å². The molecular formula is C21H38N4O2S. The molecule has 0 bridgehead atoms. The maximum atomic E-state index is 5.72. The second kappa shape index (κ2) is 10.0. The van der Waals surface area contributed by atoms with Gasteiger partial charge in [-0.25, -0.2) is 0 Å².